The third kappa shape index (κ3) is 2.96. The van der Waals surface area contributed by atoms with Gasteiger partial charge in [0.2, 0.25) is 5.95 Å². The van der Waals surface area contributed by atoms with Crippen LogP contribution in [0.25, 0.3) is 10.2 Å². The maximum absolute atomic E-state index is 5.90. The van der Waals surface area contributed by atoms with E-state index in [1.165, 1.54) is 4.88 Å². The van der Waals surface area contributed by atoms with Crippen LogP contribution in [-0.2, 0) is 11.2 Å². The summed E-state index contributed by atoms with van der Waals surface area (Å²) in [6.45, 7) is 6.95. The van der Waals surface area contributed by atoms with Crippen molar-refractivity contribution in [2.45, 2.75) is 39.2 Å². The van der Waals surface area contributed by atoms with Gasteiger partial charge in [-0.2, -0.15) is 4.98 Å². The minimum Gasteiger partial charge on any atom is -0.376 e. The predicted octanol–water partition coefficient (Wildman–Crippen LogP) is 2.84. The molecule has 1 fully saturated rings. The zero-order valence-electron chi connectivity index (χ0n) is 12.6. The zero-order valence-corrected chi connectivity index (χ0v) is 13.4. The van der Waals surface area contributed by atoms with Crippen LogP contribution in [0.15, 0.2) is 6.07 Å². The molecule has 6 heteroatoms. The highest BCUT2D eigenvalue weighted by Gasteiger charge is 2.22. The summed E-state index contributed by atoms with van der Waals surface area (Å²) < 4.78 is 5.76. The molecular formula is C15H22N4OS. The van der Waals surface area contributed by atoms with Gasteiger partial charge in [0.05, 0.1) is 11.5 Å². The molecule has 1 saturated heterocycles. The molecule has 114 valence electrons. The molecule has 3 rings (SSSR count). The Labute approximate surface area is 129 Å². The van der Waals surface area contributed by atoms with Crippen molar-refractivity contribution >= 4 is 33.3 Å². The lowest BCUT2D eigenvalue weighted by Crippen LogP contribution is -2.33. The van der Waals surface area contributed by atoms with Crippen molar-refractivity contribution in [3.8, 4) is 0 Å². The maximum atomic E-state index is 5.90. The molecule has 1 unspecified atom stereocenters. The molecule has 21 heavy (non-hydrogen) atoms. The Bertz CT molecular complexity index is 621. The molecule has 2 aromatic heterocycles. The van der Waals surface area contributed by atoms with E-state index in [1.807, 2.05) is 0 Å². The summed E-state index contributed by atoms with van der Waals surface area (Å²) in [6, 6.07) is 2.20. The fourth-order valence-corrected chi connectivity index (χ4v) is 3.76. The molecule has 3 heterocycles. The lowest BCUT2D eigenvalue weighted by molar-refractivity contribution is 0.115. The second-order valence-corrected chi connectivity index (χ2v) is 6.48. The molecule has 1 aliphatic heterocycles. The fraction of sp³-hybridized carbons (Fsp3) is 0.600. The van der Waals surface area contributed by atoms with Crippen molar-refractivity contribution in [1.82, 2.24) is 9.97 Å². The molecule has 0 spiro atoms. The number of hydrogen-bond acceptors (Lipinski definition) is 6. The van der Waals surface area contributed by atoms with Gasteiger partial charge < -0.3 is 15.4 Å². The third-order valence-corrected chi connectivity index (χ3v) is 5.09. The van der Waals surface area contributed by atoms with Crippen molar-refractivity contribution in [2.75, 3.05) is 30.3 Å². The second kappa shape index (κ2) is 6.15. The minimum absolute atomic E-state index is 0.306. The molecule has 5 nitrogen and oxygen atoms in total. The van der Waals surface area contributed by atoms with E-state index in [2.05, 4.69) is 34.8 Å². The smallest absolute Gasteiger partial charge is 0.223 e. The zero-order chi connectivity index (χ0) is 14.8. The topological polar surface area (TPSA) is 64.3 Å². The highest BCUT2D eigenvalue weighted by molar-refractivity contribution is 7.18. The van der Waals surface area contributed by atoms with E-state index in [0.29, 0.717) is 12.1 Å². The van der Waals surface area contributed by atoms with Crippen LogP contribution < -0.4 is 10.6 Å². The standard InChI is InChI=1S/C15H22N4OS/c1-3-11-8-12-13(17-15(16)18-14(12)21-11)19(4-2)9-10-6-5-7-20-10/h8,10H,3-7,9H2,1-2H3,(H2,16,17,18). The first-order chi connectivity index (χ1) is 10.2. The number of hydrogen-bond donors (Lipinski definition) is 1. The van der Waals surface area contributed by atoms with E-state index in [4.69, 9.17) is 10.5 Å². The van der Waals surface area contributed by atoms with E-state index < -0.39 is 0 Å². The summed E-state index contributed by atoms with van der Waals surface area (Å²) in [7, 11) is 0. The van der Waals surface area contributed by atoms with E-state index in [-0.39, 0.29) is 0 Å². The molecule has 0 saturated carbocycles. The molecule has 0 radical (unpaired) electrons. The molecule has 1 aliphatic rings. The van der Waals surface area contributed by atoms with Gasteiger partial charge in [-0.3, -0.25) is 0 Å². The Morgan fingerprint density at radius 2 is 2.29 bits per heavy atom. The molecule has 2 N–H and O–H groups in total. The average molecular weight is 306 g/mol. The van der Waals surface area contributed by atoms with Crippen LogP contribution in [0.1, 0.15) is 31.6 Å². The van der Waals surface area contributed by atoms with Crippen molar-refractivity contribution < 1.29 is 4.74 Å². The first kappa shape index (κ1) is 14.5. The summed E-state index contributed by atoms with van der Waals surface area (Å²) in [5, 5.41) is 1.12. The number of aromatic nitrogens is 2. The Balaban J connectivity index is 1.97. The van der Waals surface area contributed by atoms with Gasteiger partial charge >= 0.3 is 0 Å². The largest absolute Gasteiger partial charge is 0.376 e. The van der Waals surface area contributed by atoms with Gasteiger partial charge in [0.25, 0.3) is 0 Å². The summed E-state index contributed by atoms with van der Waals surface area (Å²) in [4.78, 5) is 13.5. The van der Waals surface area contributed by atoms with Crippen molar-refractivity contribution in [1.29, 1.82) is 0 Å². The first-order valence-corrected chi connectivity index (χ1v) is 8.45. The summed E-state index contributed by atoms with van der Waals surface area (Å²) in [6.07, 6.45) is 3.60. The predicted molar refractivity (Wildman–Crippen MR) is 88.1 cm³/mol. The average Bonchev–Trinajstić information content (AvgIpc) is 3.12. The lowest BCUT2D eigenvalue weighted by Gasteiger charge is -2.25. The van der Waals surface area contributed by atoms with Crippen LogP contribution >= 0.6 is 11.3 Å². The number of nitrogen functional groups attached to an aromatic ring is 1. The van der Waals surface area contributed by atoms with Gasteiger partial charge in [0.1, 0.15) is 10.6 Å². The molecular weight excluding hydrogens is 284 g/mol. The van der Waals surface area contributed by atoms with Gasteiger partial charge in [0.15, 0.2) is 0 Å². The van der Waals surface area contributed by atoms with Crippen LogP contribution in [0.5, 0.6) is 0 Å². The molecule has 0 bridgehead atoms. The normalized spacial score (nSPS) is 18.5. The third-order valence-electron chi connectivity index (χ3n) is 3.92. The summed E-state index contributed by atoms with van der Waals surface area (Å²) in [5.74, 6) is 1.30. The van der Waals surface area contributed by atoms with Gasteiger partial charge in [0, 0.05) is 24.6 Å². The van der Waals surface area contributed by atoms with Gasteiger partial charge in [-0.1, -0.05) is 6.92 Å². The van der Waals surface area contributed by atoms with Crippen molar-refractivity contribution in [2.24, 2.45) is 0 Å². The van der Waals surface area contributed by atoms with E-state index in [9.17, 15) is 0 Å². The van der Waals surface area contributed by atoms with Crippen molar-refractivity contribution in [3.05, 3.63) is 10.9 Å². The monoisotopic (exact) mass is 306 g/mol. The Kier molecular flexibility index (Phi) is 4.26. The quantitative estimate of drug-likeness (QED) is 0.920. The fourth-order valence-electron chi connectivity index (χ4n) is 2.79. The van der Waals surface area contributed by atoms with Crippen LogP contribution in [-0.4, -0.2) is 35.8 Å². The molecule has 0 aliphatic carbocycles. The summed E-state index contributed by atoms with van der Waals surface area (Å²) >= 11 is 1.71. The van der Waals surface area contributed by atoms with Crippen LogP contribution in [0, 0.1) is 0 Å². The highest BCUT2D eigenvalue weighted by atomic mass is 32.1. The van der Waals surface area contributed by atoms with Gasteiger partial charge in [-0.05, 0) is 32.3 Å². The maximum Gasteiger partial charge on any atom is 0.223 e. The lowest BCUT2D eigenvalue weighted by atomic mass is 10.2. The second-order valence-electron chi connectivity index (χ2n) is 5.36. The number of fused-ring (bicyclic) bond motifs is 1. The molecule has 0 amide bonds. The van der Waals surface area contributed by atoms with Crippen LogP contribution in [0.3, 0.4) is 0 Å². The van der Waals surface area contributed by atoms with Gasteiger partial charge in [-0.25, -0.2) is 4.98 Å². The Morgan fingerprint density at radius 3 is 2.95 bits per heavy atom. The number of rotatable bonds is 5. The molecule has 2 aromatic rings. The number of thiophene rings is 1. The van der Waals surface area contributed by atoms with Crippen LogP contribution in [0.4, 0.5) is 11.8 Å². The number of nitrogens with zero attached hydrogens (tertiary/aromatic N) is 3. The number of likely N-dealkylation sites (N-methyl/N-ethyl adjacent to an activating group) is 1. The van der Waals surface area contributed by atoms with Crippen molar-refractivity contribution in [3.63, 3.8) is 0 Å². The minimum atomic E-state index is 0.306. The number of ether oxygens (including phenoxy) is 1. The van der Waals surface area contributed by atoms with Gasteiger partial charge in [-0.15, -0.1) is 11.3 Å². The Hall–Kier alpha value is -1.40. The van der Waals surface area contributed by atoms with E-state index >= 15 is 0 Å². The van der Waals surface area contributed by atoms with E-state index in [1.54, 1.807) is 11.3 Å². The number of anilines is 2. The highest BCUT2D eigenvalue weighted by Crippen LogP contribution is 2.32. The number of nitrogens with two attached hydrogens (primary N) is 1. The molecule has 1 atom stereocenters. The number of aryl methyl sites for hydroxylation is 1. The van der Waals surface area contributed by atoms with Crippen LogP contribution in [0.2, 0.25) is 0 Å². The SMILES string of the molecule is CCc1cc2c(N(CC)CC3CCCO3)nc(N)nc2s1. The first-order valence-electron chi connectivity index (χ1n) is 7.63. The molecule has 0 aromatic carbocycles. The Morgan fingerprint density at radius 1 is 1.43 bits per heavy atom. The van der Waals surface area contributed by atoms with E-state index in [0.717, 1.165) is 55.0 Å². The summed E-state index contributed by atoms with van der Waals surface area (Å²) in [5.41, 5.74) is 5.90.